The second-order valence-electron chi connectivity index (χ2n) is 9.30. The Balaban J connectivity index is 1.72. The Morgan fingerprint density at radius 1 is 1.18 bits per heavy atom. The van der Waals surface area contributed by atoms with Crippen LogP contribution in [0, 0.1) is 0 Å². The van der Waals surface area contributed by atoms with Crippen LogP contribution in [0.3, 0.4) is 0 Å². The summed E-state index contributed by atoms with van der Waals surface area (Å²) in [5, 5.41) is 15.6. The van der Waals surface area contributed by atoms with E-state index in [1.807, 2.05) is 74.7 Å². The normalized spacial score (nSPS) is 14.4. The van der Waals surface area contributed by atoms with Crippen molar-refractivity contribution in [3.05, 3.63) is 105 Å². The van der Waals surface area contributed by atoms with Crippen LogP contribution >= 0.6 is 27.5 Å². The smallest absolute Gasteiger partial charge is 0.251 e. The second-order valence-corrected chi connectivity index (χ2v) is 10.6. The van der Waals surface area contributed by atoms with E-state index in [9.17, 15) is 14.7 Å². The maximum atomic E-state index is 12.9. The fraction of sp³-hybridized carbons (Fsp3) is 0.241. The van der Waals surface area contributed by atoms with E-state index in [2.05, 4.69) is 33.1 Å². The molecule has 0 unspecified atom stereocenters. The van der Waals surface area contributed by atoms with Gasteiger partial charge in [-0.25, -0.2) is 0 Å². The van der Waals surface area contributed by atoms with Gasteiger partial charge >= 0.3 is 0 Å². The van der Waals surface area contributed by atoms with Gasteiger partial charge in [-0.3, -0.25) is 9.59 Å². The monoisotopic (exact) mass is 598 g/mol. The van der Waals surface area contributed by atoms with Gasteiger partial charge in [0.05, 0.1) is 23.3 Å². The predicted molar refractivity (Wildman–Crippen MR) is 157 cm³/mol. The Labute approximate surface area is 237 Å². The third-order valence-corrected chi connectivity index (χ3v) is 6.88. The minimum atomic E-state index is -0.366. The third-order valence-electron chi connectivity index (χ3n) is 5.85. The van der Waals surface area contributed by atoms with E-state index in [0.29, 0.717) is 12.0 Å². The highest BCUT2D eigenvalue weighted by atomic mass is 79.9. The molecule has 38 heavy (non-hydrogen) atoms. The molecule has 200 valence electrons. The van der Waals surface area contributed by atoms with Gasteiger partial charge in [0.25, 0.3) is 5.91 Å². The zero-order valence-corrected chi connectivity index (χ0v) is 24.0. The molecule has 1 heterocycles. The minimum Gasteiger partial charge on any atom is -0.506 e. The number of halogens is 2. The highest BCUT2D eigenvalue weighted by Gasteiger charge is 2.17. The molecule has 0 saturated heterocycles. The Bertz CT molecular complexity index is 1290. The Hall–Kier alpha value is -3.33. The summed E-state index contributed by atoms with van der Waals surface area (Å²) >= 11 is 9.49. The lowest BCUT2D eigenvalue weighted by Gasteiger charge is -2.22. The number of hydrogen-bond donors (Lipinski definition) is 3. The highest BCUT2D eigenvalue weighted by molar-refractivity contribution is 9.12. The summed E-state index contributed by atoms with van der Waals surface area (Å²) < 4.78 is 0.930. The van der Waals surface area contributed by atoms with Crippen LogP contribution in [-0.2, 0) is 11.2 Å². The summed E-state index contributed by atoms with van der Waals surface area (Å²) in [6.45, 7) is 6.64. The molecule has 0 saturated carbocycles. The summed E-state index contributed by atoms with van der Waals surface area (Å²) in [6.07, 6.45) is 8.37. The molecule has 0 bridgehead atoms. The number of carbonyl (C=O) groups excluding carboxylic acids is 2. The molecule has 7 nitrogen and oxygen atoms in total. The van der Waals surface area contributed by atoms with E-state index in [1.165, 1.54) is 18.2 Å². The number of rotatable bonds is 10. The lowest BCUT2D eigenvalue weighted by Crippen LogP contribution is -2.46. The maximum absolute atomic E-state index is 12.9. The number of phenolic OH excluding ortho intramolecular Hbond substituents is 1. The highest BCUT2D eigenvalue weighted by Crippen LogP contribution is 2.27. The molecule has 0 radical (unpaired) electrons. The fourth-order valence-electron chi connectivity index (χ4n) is 3.79. The first-order chi connectivity index (χ1) is 18.0. The van der Waals surface area contributed by atoms with E-state index in [0.717, 1.165) is 26.9 Å². The van der Waals surface area contributed by atoms with Gasteiger partial charge in [-0.1, -0.05) is 42.4 Å². The topological polar surface area (TPSA) is 84.9 Å². The van der Waals surface area contributed by atoms with E-state index >= 15 is 0 Å². The molecule has 0 fully saturated rings. The van der Waals surface area contributed by atoms with Gasteiger partial charge in [0.15, 0.2) is 0 Å². The van der Waals surface area contributed by atoms with Crippen molar-refractivity contribution in [2.45, 2.75) is 19.4 Å². The van der Waals surface area contributed by atoms with Crippen molar-refractivity contribution in [1.82, 2.24) is 20.4 Å². The van der Waals surface area contributed by atoms with Crippen LogP contribution in [0.2, 0.25) is 5.02 Å². The number of likely N-dealkylation sites (N-methyl/N-ethyl adjacent to an activating group) is 1. The van der Waals surface area contributed by atoms with Gasteiger partial charge in [0, 0.05) is 29.0 Å². The first-order valence-corrected chi connectivity index (χ1v) is 13.2. The maximum Gasteiger partial charge on any atom is 0.251 e. The van der Waals surface area contributed by atoms with Crippen molar-refractivity contribution >= 4 is 44.9 Å². The molecule has 3 N–H and O–H groups in total. The van der Waals surface area contributed by atoms with Gasteiger partial charge in [0.1, 0.15) is 5.75 Å². The van der Waals surface area contributed by atoms with E-state index < -0.39 is 0 Å². The molecule has 2 aromatic rings. The summed E-state index contributed by atoms with van der Waals surface area (Å²) in [6, 6.07) is 12.0. The molecule has 9 heteroatoms. The quantitative estimate of drug-likeness (QED) is 0.356. The molecule has 2 amide bonds. The number of nitrogens with zero attached hydrogens (tertiary/aromatic N) is 2. The third kappa shape index (κ3) is 8.34. The van der Waals surface area contributed by atoms with Crippen LogP contribution in [-0.4, -0.2) is 59.9 Å². The Morgan fingerprint density at radius 3 is 2.53 bits per heavy atom. The Morgan fingerprint density at radius 2 is 1.87 bits per heavy atom. The second kappa shape index (κ2) is 13.5. The first-order valence-electron chi connectivity index (χ1n) is 12.0. The fourth-order valence-corrected chi connectivity index (χ4v) is 4.33. The lowest BCUT2D eigenvalue weighted by atomic mass is 10.0. The van der Waals surface area contributed by atoms with Gasteiger partial charge in [-0.05, 0) is 90.4 Å². The summed E-state index contributed by atoms with van der Waals surface area (Å²) in [4.78, 5) is 28.9. The van der Waals surface area contributed by atoms with Crippen LogP contribution in [0.5, 0.6) is 5.75 Å². The van der Waals surface area contributed by atoms with Crippen molar-refractivity contribution in [3.63, 3.8) is 0 Å². The standard InChI is InChI=1S/C29H32BrClN4O3/c1-19(17-35-13-5-6-25(30)20(35)2)22-9-7-21(8-10-22)14-24(16-32-28(37)18-34(3)4)33-29(38)23-11-12-27(36)26(31)15-23/h5-13,15,17,24,36H,2,14,16,18H2,1,3-4H3,(H,32,37)(H,33,38)/b19-17+/t24-/m0/s1. The largest absolute Gasteiger partial charge is 0.506 e. The number of phenols is 1. The lowest BCUT2D eigenvalue weighted by molar-refractivity contribution is -0.121. The average Bonchev–Trinajstić information content (AvgIpc) is 2.87. The number of amides is 2. The number of hydrogen-bond acceptors (Lipinski definition) is 5. The molecule has 1 atom stereocenters. The van der Waals surface area contributed by atoms with Crippen LogP contribution in [0.1, 0.15) is 28.4 Å². The van der Waals surface area contributed by atoms with Gasteiger partial charge < -0.3 is 25.5 Å². The number of carbonyl (C=O) groups is 2. The van der Waals surface area contributed by atoms with Crippen molar-refractivity contribution in [2.24, 2.45) is 0 Å². The van der Waals surface area contributed by atoms with E-state index in [4.69, 9.17) is 11.6 Å². The average molecular weight is 600 g/mol. The van der Waals surface area contributed by atoms with E-state index in [-0.39, 0.29) is 41.7 Å². The van der Waals surface area contributed by atoms with Crippen LogP contribution in [0.4, 0.5) is 0 Å². The summed E-state index contributed by atoms with van der Waals surface area (Å²) in [5.41, 5.74) is 4.30. The molecule has 2 aromatic carbocycles. The van der Waals surface area contributed by atoms with Crippen molar-refractivity contribution in [2.75, 3.05) is 27.2 Å². The molecule has 0 aliphatic carbocycles. The van der Waals surface area contributed by atoms with E-state index in [1.54, 1.807) is 4.90 Å². The summed E-state index contributed by atoms with van der Waals surface area (Å²) in [7, 11) is 3.64. The van der Waals surface area contributed by atoms with Crippen LogP contribution < -0.4 is 10.6 Å². The van der Waals surface area contributed by atoms with Crippen molar-refractivity contribution in [3.8, 4) is 5.75 Å². The number of aromatic hydroxyl groups is 1. The van der Waals surface area contributed by atoms with Gasteiger partial charge in [0.2, 0.25) is 5.91 Å². The number of benzene rings is 2. The first kappa shape index (κ1) is 29.2. The molecular formula is C29H32BrClN4O3. The molecule has 0 spiro atoms. The Kier molecular flexibility index (Phi) is 10.4. The molecular weight excluding hydrogens is 568 g/mol. The van der Waals surface area contributed by atoms with Gasteiger partial charge in [-0.15, -0.1) is 0 Å². The summed E-state index contributed by atoms with van der Waals surface area (Å²) in [5.74, 6) is -0.568. The van der Waals surface area contributed by atoms with Gasteiger partial charge in [-0.2, -0.15) is 0 Å². The molecule has 1 aliphatic rings. The zero-order valence-electron chi connectivity index (χ0n) is 21.7. The number of nitrogens with one attached hydrogen (secondary N) is 2. The molecule has 0 aromatic heterocycles. The minimum absolute atomic E-state index is 0.0927. The SMILES string of the molecule is C=C1C(Br)=CC=CN1/C=C(\C)c1ccc(C[C@@H](CNC(=O)CN(C)C)NC(=O)c2ccc(O)c(Cl)c2)cc1. The van der Waals surface area contributed by atoms with Crippen molar-refractivity contribution < 1.29 is 14.7 Å². The van der Waals surface area contributed by atoms with Crippen LogP contribution in [0.15, 0.2) is 83.8 Å². The molecule has 1 aliphatic heterocycles. The predicted octanol–water partition coefficient (Wildman–Crippen LogP) is 5.05. The van der Waals surface area contributed by atoms with Crippen molar-refractivity contribution in [1.29, 1.82) is 0 Å². The number of allylic oxidation sites excluding steroid dienone is 4. The zero-order chi connectivity index (χ0) is 27.8. The molecule has 3 rings (SSSR count). The van der Waals surface area contributed by atoms with Crippen LogP contribution in [0.25, 0.3) is 5.57 Å².